The number of fused-ring (bicyclic) bond motifs is 1. The number of halogens is 7. The number of rotatable bonds is 6. The lowest BCUT2D eigenvalue weighted by Crippen LogP contribution is -2.59. The summed E-state index contributed by atoms with van der Waals surface area (Å²) < 4.78 is 99.8. The van der Waals surface area contributed by atoms with Crippen molar-refractivity contribution in [1.82, 2.24) is 4.90 Å². The molecule has 1 amide bonds. The number of alkyl halides is 7. The zero-order valence-electron chi connectivity index (χ0n) is 14.2. The van der Waals surface area contributed by atoms with Crippen molar-refractivity contribution in [3.63, 3.8) is 0 Å². The molecule has 0 bridgehead atoms. The van der Waals surface area contributed by atoms with Gasteiger partial charge in [0.1, 0.15) is 0 Å². The molecule has 0 saturated heterocycles. The van der Waals surface area contributed by atoms with Crippen LogP contribution in [0.1, 0.15) is 12.5 Å². The van der Waals surface area contributed by atoms with E-state index >= 15 is 0 Å². The fourth-order valence-electron chi connectivity index (χ4n) is 2.64. The molecule has 1 atom stereocenters. The number of amides is 1. The van der Waals surface area contributed by atoms with Crippen molar-refractivity contribution >= 4 is 5.91 Å². The SMILES string of the molecule is CC(Cc1ccc2c(c1)OCO2)CN(C)C(=O)C(F)(F)C(F)(F)C(F)(F)F. The smallest absolute Gasteiger partial charge is 0.454 e. The second kappa shape index (κ2) is 7.08. The van der Waals surface area contributed by atoms with Crippen molar-refractivity contribution in [2.24, 2.45) is 5.92 Å². The van der Waals surface area contributed by atoms with Gasteiger partial charge in [0.2, 0.25) is 6.79 Å². The highest BCUT2D eigenvalue weighted by molar-refractivity contribution is 5.84. The number of benzene rings is 1. The lowest BCUT2D eigenvalue weighted by Gasteiger charge is -2.31. The predicted octanol–water partition coefficient (Wildman–Crippen LogP) is 3.89. The summed E-state index contributed by atoms with van der Waals surface area (Å²) in [5.74, 6) is -14.5. The quantitative estimate of drug-likeness (QED) is 0.677. The van der Waals surface area contributed by atoms with Crippen molar-refractivity contribution < 1.29 is 45.0 Å². The van der Waals surface area contributed by atoms with E-state index in [2.05, 4.69) is 0 Å². The molecule has 27 heavy (non-hydrogen) atoms. The van der Waals surface area contributed by atoms with E-state index in [9.17, 15) is 35.5 Å². The molecule has 1 aliphatic rings. The monoisotopic (exact) mass is 403 g/mol. The van der Waals surface area contributed by atoms with Gasteiger partial charge in [-0.3, -0.25) is 4.79 Å². The van der Waals surface area contributed by atoms with E-state index in [1.54, 1.807) is 18.2 Å². The lowest BCUT2D eigenvalue weighted by molar-refractivity contribution is -0.345. The molecule has 0 aromatic heterocycles. The van der Waals surface area contributed by atoms with Crippen molar-refractivity contribution in [2.45, 2.75) is 31.4 Å². The Morgan fingerprint density at radius 3 is 2.30 bits per heavy atom. The largest absolute Gasteiger partial charge is 0.460 e. The average Bonchev–Trinajstić information content (AvgIpc) is 3.00. The molecule has 0 fully saturated rings. The van der Waals surface area contributed by atoms with E-state index < -0.39 is 36.4 Å². The normalized spacial score (nSPS) is 15.6. The fourth-order valence-corrected chi connectivity index (χ4v) is 2.64. The van der Waals surface area contributed by atoms with Crippen LogP contribution in [0.25, 0.3) is 0 Å². The maximum atomic E-state index is 13.5. The Hall–Kier alpha value is -2.20. The van der Waals surface area contributed by atoms with Gasteiger partial charge in [0, 0.05) is 13.6 Å². The van der Waals surface area contributed by atoms with Gasteiger partial charge >= 0.3 is 18.0 Å². The van der Waals surface area contributed by atoms with Gasteiger partial charge in [-0.15, -0.1) is 0 Å². The second-order valence-electron chi connectivity index (χ2n) is 6.33. The van der Waals surface area contributed by atoms with Gasteiger partial charge in [0.05, 0.1) is 0 Å². The molecule has 4 nitrogen and oxygen atoms in total. The summed E-state index contributed by atoms with van der Waals surface area (Å²) in [6.45, 7) is 1.14. The predicted molar refractivity (Wildman–Crippen MR) is 79.0 cm³/mol. The summed E-state index contributed by atoms with van der Waals surface area (Å²) >= 11 is 0. The van der Waals surface area contributed by atoms with Gasteiger partial charge in [-0.25, -0.2) is 0 Å². The maximum absolute atomic E-state index is 13.5. The molecule has 0 aliphatic carbocycles. The van der Waals surface area contributed by atoms with Crippen molar-refractivity contribution in [1.29, 1.82) is 0 Å². The van der Waals surface area contributed by atoms with Crippen LogP contribution in [0, 0.1) is 5.92 Å². The molecule has 1 aromatic carbocycles. The minimum absolute atomic E-state index is 0.0497. The number of hydrogen-bond acceptors (Lipinski definition) is 3. The number of nitrogens with zero attached hydrogens (tertiary/aromatic N) is 1. The molecule has 11 heteroatoms. The van der Waals surface area contributed by atoms with Gasteiger partial charge in [0.25, 0.3) is 5.91 Å². The molecule has 1 unspecified atom stereocenters. The van der Waals surface area contributed by atoms with E-state index in [1.165, 1.54) is 6.92 Å². The molecule has 1 heterocycles. The second-order valence-corrected chi connectivity index (χ2v) is 6.33. The zero-order chi connectivity index (χ0) is 20.6. The standard InChI is InChI=1S/C16H16F7NO3/c1-9(5-10-3-4-11-12(6-10)27-8-26-11)7-24(2)13(25)14(17,18)15(19,20)16(21,22)23/h3-4,6,9H,5,7-8H2,1-2H3. The van der Waals surface area contributed by atoms with Gasteiger partial charge in [-0.2, -0.15) is 30.7 Å². The molecular weight excluding hydrogens is 387 g/mol. The summed E-state index contributed by atoms with van der Waals surface area (Å²) in [5, 5.41) is 0. The number of hydrogen-bond donors (Lipinski definition) is 0. The average molecular weight is 403 g/mol. The number of carbonyl (C=O) groups excluding carboxylic acids is 1. The Morgan fingerprint density at radius 2 is 1.70 bits per heavy atom. The Balaban J connectivity index is 2.03. The van der Waals surface area contributed by atoms with Crippen molar-refractivity contribution in [2.75, 3.05) is 20.4 Å². The van der Waals surface area contributed by atoms with E-state index in [1.807, 2.05) is 0 Å². The lowest BCUT2D eigenvalue weighted by atomic mass is 9.99. The Kier molecular flexibility index (Phi) is 5.53. The fraction of sp³-hybridized carbons (Fsp3) is 0.562. The third kappa shape index (κ3) is 4.06. The van der Waals surface area contributed by atoms with Crippen LogP contribution >= 0.6 is 0 Å². The molecule has 1 aromatic rings. The molecule has 0 radical (unpaired) electrons. The van der Waals surface area contributed by atoms with Crippen LogP contribution in [0.4, 0.5) is 30.7 Å². The van der Waals surface area contributed by atoms with Gasteiger partial charge < -0.3 is 14.4 Å². The molecular formula is C16H16F7NO3. The van der Waals surface area contributed by atoms with Crippen LogP contribution < -0.4 is 9.47 Å². The van der Waals surface area contributed by atoms with Gasteiger partial charge in [0.15, 0.2) is 11.5 Å². The van der Waals surface area contributed by atoms with Crippen LogP contribution in [0.15, 0.2) is 18.2 Å². The van der Waals surface area contributed by atoms with Gasteiger partial charge in [-0.1, -0.05) is 13.0 Å². The highest BCUT2D eigenvalue weighted by Gasteiger charge is 2.76. The number of ether oxygens (including phenoxy) is 2. The minimum atomic E-state index is -6.55. The topological polar surface area (TPSA) is 38.8 Å². The third-order valence-corrected chi connectivity index (χ3v) is 3.97. The zero-order valence-corrected chi connectivity index (χ0v) is 14.2. The molecule has 0 saturated carbocycles. The Labute approximate surface area is 149 Å². The van der Waals surface area contributed by atoms with E-state index in [-0.39, 0.29) is 18.1 Å². The number of carbonyl (C=O) groups is 1. The highest BCUT2D eigenvalue weighted by Crippen LogP contribution is 2.47. The maximum Gasteiger partial charge on any atom is 0.460 e. The highest BCUT2D eigenvalue weighted by atomic mass is 19.4. The van der Waals surface area contributed by atoms with E-state index in [0.29, 0.717) is 17.1 Å². The van der Waals surface area contributed by atoms with Gasteiger partial charge in [-0.05, 0) is 30.0 Å². The summed E-state index contributed by atoms with van der Waals surface area (Å²) in [5.41, 5.74) is 0.694. The molecule has 0 spiro atoms. The first-order chi connectivity index (χ1) is 12.3. The van der Waals surface area contributed by atoms with Crippen LogP contribution in [-0.2, 0) is 11.2 Å². The van der Waals surface area contributed by atoms with Crippen molar-refractivity contribution in [3.05, 3.63) is 23.8 Å². The minimum Gasteiger partial charge on any atom is -0.454 e. The third-order valence-electron chi connectivity index (χ3n) is 3.97. The van der Waals surface area contributed by atoms with E-state index in [0.717, 1.165) is 7.05 Å². The first-order valence-corrected chi connectivity index (χ1v) is 7.74. The summed E-state index contributed by atoms with van der Waals surface area (Å²) in [7, 11) is 0.749. The van der Waals surface area contributed by atoms with Crippen molar-refractivity contribution in [3.8, 4) is 11.5 Å². The van der Waals surface area contributed by atoms with E-state index in [4.69, 9.17) is 9.47 Å². The van der Waals surface area contributed by atoms with Crippen LogP contribution in [0.5, 0.6) is 11.5 Å². The summed E-state index contributed by atoms with van der Waals surface area (Å²) in [6.07, 6.45) is -6.30. The van der Waals surface area contributed by atoms with Crippen LogP contribution in [0.3, 0.4) is 0 Å². The van der Waals surface area contributed by atoms with Crippen LogP contribution in [0.2, 0.25) is 0 Å². The summed E-state index contributed by atoms with van der Waals surface area (Å²) in [6, 6.07) is 4.92. The molecule has 0 N–H and O–H groups in total. The first-order valence-electron chi connectivity index (χ1n) is 7.74. The van der Waals surface area contributed by atoms with Crippen LogP contribution in [-0.4, -0.2) is 49.2 Å². The molecule has 2 rings (SSSR count). The Bertz CT molecular complexity index is 706. The Morgan fingerprint density at radius 1 is 1.11 bits per heavy atom. The molecule has 152 valence electrons. The first kappa shape index (κ1) is 21.1. The molecule has 1 aliphatic heterocycles. The summed E-state index contributed by atoms with van der Waals surface area (Å²) in [4.78, 5) is 11.7.